The van der Waals surface area contributed by atoms with Crippen LogP contribution < -0.4 is 21.1 Å². The van der Waals surface area contributed by atoms with Gasteiger partial charge in [0.05, 0.1) is 11.1 Å². The van der Waals surface area contributed by atoms with Gasteiger partial charge in [-0.3, -0.25) is 4.79 Å². The summed E-state index contributed by atoms with van der Waals surface area (Å²) in [4.78, 5) is 23.2. The van der Waals surface area contributed by atoms with Crippen LogP contribution in [0.25, 0.3) is 0 Å². The normalized spacial score (nSPS) is 12.8. The quantitative estimate of drug-likeness (QED) is 0.686. The van der Waals surface area contributed by atoms with E-state index in [9.17, 15) is 9.59 Å². The molecule has 0 aliphatic rings. The number of carbonyl (C=O) groups is 2. The van der Waals surface area contributed by atoms with Crippen molar-refractivity contribution >= 4 is 40.8 Å². The summed E-state index contributed by atoms with van der Waals surface area (Å²) in [5, 5.41) is 5.95. The summed E-state index contributed by atoms with van der Waals surface area (Å²) in [6.07, 6.45) is -0.760. The van der Waals surface area contributed by atoms with Crippen LogP contribution in [-0.4, -0.2) is 18.0 Å². The standard InChI is InChI=1S/C18H19Cl2N3O3/c1-10(12-6-8-13(9-7-12)23-18(21)25)22-17(24)11(2)26-15-5-3-4-14(19)16(15)20/h3-11H,1-2H3,(H,22,24)(H3,21,23,25). The maximum absolute atomic E-state index is 12.4. The van der Waals surface area contributed by atoms with Crippen LogP contribution in [0.1, 0.15) is 25.5 Å². The number of primary amides is 1. The second-order valence-electron chi connectivity index (χ2n) is 5.65. The van der Waals surface area contributed by atoms with Crippen LogP contribution in [0.2, 0.25) is 10.0 Å². The molecule has 138 valence electrons. The molecule has 0 aromatic heterocycles. The van der Waals surface area contributed by atoms with E-state index in [0.29, 0.717) is 16.5 Å². The van der Waals surface area contributed by atoms with E-state index < -0.39 is 12.1 Å². The van der Waals surface area contributed by atoms with Crippen molar-refractivity contribution in [2.45, 2.75) is 26.0 Å². The number of amides is 3. The molecule has 4 N–H and O–H groups in total. The molecule has 26 heavy (non-hydrogen) atoms. The van der Waals surface area contributed by atoms with Crippen molar-refractivity contribution in [2.24, 2.45) is 5.73 Å². The Hall–Kier alpha value is -2.44. The number of anilines is 1. The molecule has 0 bridgehead atoms. The van der Waals surface area contributed by atoms with E-state index in [4.69, 9.17) is 33.7 Å². The second-order valence-corrected chi connectivity index (χ2v) is 6.44. The number of halogens is 2. The minimum absolute atomic E-state index is 0.258. The smallest absolute Gasteiger partial charge is 0.316 e. The number of nitrogens with one attached hydrogen (secondary N) is 2. The van der Waals surface area contributed by atoms with E-state index >= 15 is 0 Å². The van der Waals surface area contributed by atoms with Gasteiger partial charge in [0.15, 0.2) is 6.10 Å². The molecule has 2 aromatic carbocycles. The van der Waals surface area contributed by atoms with Gasteiger partial charge in [-0.2, -0.15) is 0 Å². The Bertz CT molecular complexity index is 797. The molecule has 0 saturated carbocycles. The number of carbonyl (C=O) groups excluding carboxylic acids is 2. The van der Waals surface area contributed by atoms with Crippen LogP contribution in [0.5, 0.6) is 5.75 Å². The summed E-state index contributed by atoms with van der Waals surface area (Å²) in [6, 6.07) is 11.1. The fourth-order valence-electron chi connectivity index (χ4n) is 2.23. The summed E-state index contributed by atoms with van der Waals surface area (Å²) < 4.78 is 5.60. The Morgan fingerprint density at radius 2 is 1.73 bits per heavy atom. The van der Waals surface area contributed by atoms with Gasteiger partial charge in [0.25, 0.3) is 5.91 Å². The third-order valence-corrected chi connectivity index (χ3v) is 4.43. The Morgan fingerprint density at radius 3 is 2.35 bits per heavy atom. The van der Waals surface area contributed by atoms with E-state index in [1.54, 1.807) is 49.4 Å². The minimum atomic E-state index is -0.760. The van der Waals surface area contributed by atoms with Gasteiger partial charge in [-0.25, -0.2) is 4.79 Å². The molecule has 2 aromatic rings. The molecule has 0 fully saturated rings. The molecule has 3 amide bonds. The molecule has 8 heteroatoms. The first-order valence-corrected chi connectivity index (χ1v) is 8.61. The van der Waals surface area contributed by atoms with E-state index in [1.165, 1.54) is 0 Å². The number of nitrogens with two attached hydrogens (primary N) is 1. The number of hydrogen-bond donors (Lipinski definition) is 3. The lowest BCUT2D eigenvalue weighted by atomic mass is 10.1. The molecule has 0 heterocycles. The van der Waals surface area contributed by atoms with Crippen molar-refractivity contribution in [2.75, 3.05) is 5.32 Å². The first-order chi connectivity index (χ1) is 12.3. The maximum Gasteiger partial charge on any atom is 0.316 e. The van der Waals surface area contributed by atoms with Crippen LogP contribution in [-0.2, 0) is 4.79 Å². The highest BCUT2D eigenvalue weighted by molar-refractivity contribution is 6.42. The van der Waals surface area contributed by atoms with Gasteiger partial charge in [-0.1, -0.05) is 41.4 Å². The van der Waals surface area contributed by atoms with E-state index in [2.05, 4.69) is 10.6 Å². The van der Waals surface area contributed by atoms with Gasteiger partial charge in [0.2, 0.25) is 0 Å². The average Bonchev–Trinajstić information content (AvgIpc) is 2.59. The van der Waals surface area contributed by atoms with Crippen molar-refractivity contribution in [1.82, 2.24) is 5.32 Å². The zero-order valence-electron chi connectivity index (χ0n) is 14.3. The van der Waals surface area contributed by atoms with E-state index in [1.807, 2.05) is 6.92 Å². The second kappa shape index (κ2) is 8.78. The Kier molecular flexibility index (Phi) is 6.71. The molecule has 0 aliphatic carbocycles. The third-order valence-electron chi connectivity index (χ3n) is 3.63. The monoisotopic (exact) mass is 395 g/mol. The number of benzene rings is 2. The first-order valence-electron chi connectivity index (χ1n) is 7.85. The van der Waals surface area contributed by atoms with Gasteiger partial charge in [0.1, 0.15) is 10.8 Å². The van der Waals surface area contributed by atoms with Crippen molar-refractivity contribution in [3.8, 4) is 5.75 Å². The van der Waals surface area contributed by atoms with E-state index in [-0.39, 0.29) is 17.0 Å². The van der Waals surface area contributed by atoms with Crippen molar-refractivity contribution < 1.29 is 14.3 Å². The zero-order valence-corrected chi connectivity index (χ0v) is 15.8. The molecule has 0 saturated heterocycles. The maximum atomic E-state index is 12.4. The summed E-state index contributed by atoms with van der Waals surface area (Å²) in [6.45, 7) is 3.46. The van der Waals surface area contributed by atoms with Crippen LogP contribution >= 0.6 is 23.2 Å². The van der Waals surface area contributed by atoms with Crippen LogP contribution in [0.4, 0.5) is 10.5 Å². The van der Waals surface area contributed by atoms with Crippen LogP contribution in [0.15, 0.2) is 42.5 Å². The summed E-state index contributed by atoms with van der Waals surface area (Å²) in [5.41, 5.74) is 6.50. The van der Waals surface area contributed by atoms with Gasteiger partial charge in [-0.05, 0) is 43.7 Å². The lowest BCUT2D eigenvalue weighted by molar-refractivity contribution is -0.127. The number of ether oxygens (including phenoxy) is 1. The Morgan fingerprint density at radius 1 is 1.08 bits per heavy atom. The summed E-state index contributed by atoms with van der Waals surface area (Å²) in [5.74, 6) is 0.0456. The predicted molar refractivity (Wildman–Crippen MR) is 103 cm³/mol. The number of rotatable bonds is 6. The minimum Gasteiger partial charge on any atom is -0.479 e. The fourth-order valence-corrected chi connectivity index (χ4v) is 2.57. The molecule has 2 rings (SSSR count). The van der Waals surface area contributed by atoms with Gasteiger partial charge in [-0.15, -0.1) is 0 Å². The molecule has 6 nitrogen and oxygen atoms in total. The highest BCUT2D eigenvalue weighted by Crippen LogP contribution is 2.32. The molecule has 2 atom stereocenters. The molecule has 0 radical (unpaired) electrons. The average molecular weight is 396 g/mol. The molecule has 2 unspecified atom stereocenters. The fraction of sp³-hybridized carbons (Fsp3) is 0.222. The summed E-state index contributed by atoms with van der Waals surface area (Å²) >= 11 is 12.0. The van der Waals surface area contributed by atoms with Crippen LogP contribution in [0, 0.1) is 0 Å². The molecular weight excluding hydrogens is 377 g/mol. The van der Waals surface area contributed by atoms with Crippen molar-refractivity contribution in [3.63, 3.8) is 0 Å². The van der Waals surface area contributed by atoms with E-state index in [0.717, 1.165) is 5.56 Å². The lowest BCUT2D eigenvalue weighted by Gasteiger charge is -2.20. The van der Waals surface area contributed by atoms with Crippen molar-refractivity contribution in [1.29, 1.82) is 0 Å². The van der Waals surface area contributed by atoms with Gasteiger partial charge >= 0.3 is 6.03 Å². The zero-order chi connectivity index (χ0) is 19.3. The van der Waals surface area contributed by atoms with Crippen molar-refractivity contribution in [3.05, 3.63) is 58.1 Å². The topological polar surface area (TPSA) is 93.4 Å². The Labute approximate surface area is 161 Å². The SMILES string of the molecule is CC(Oc1cccc(Cl)c1Cl)C(=O)NC(C)c1ccc(NC(N)=O)cc1. The third kappa shape index (κ3) is 5.28. The number of hydrogen-bond acceptors (Lipinski definition) is 3. The molecule has 0 aliphatic heterocycles. The number of urea groups is 1. The molecular formula is C18H19Cl2N3O3. The summed E-state index contributed by atoms with van der Waals surface area (Å²) in [7, 11) is 0. The first kappa shape index (κ1) is 19.9. The van der Waals surface area contributed by atoms with Gasteiger partial charge in [0, 0.05) is 5.69 Å². The van der Waals surface area contributed by atoms with Crippen LogP contribution in [0.3, 0.4) is 0 Å². The predicted octanol–water partition coefficient (Wildman–Crippen LogP) is 4.13. The lowest BCUT2D eigenvalue weighted by Crippen LogP contribution is -2.37. The van der Waals surface area contributed by atoms with Gasteiger partial charge < -0.3 is 21.1 Å². The largest absolute Gasteiger partial charge is 0.479 e. The highest BCUT2D eigenvalue weighted by Gasteiger charge is 2.19. The highest BCUT2D eigenvalue weighted by atomic mass is 35.5. The Balaban J connectivity index is 1.97. The molecule has 0 spiro atoms.